The molecule has 1 aliphatic rings. The van der Waals surface area contributed by atoms with Gasteiger partial charge in [0.2, 0.25) is 0 Å². The van der Waals surface area contributed by atoms with Gasteiger partial charge in [-0.3, -0.25) is 0 Å². The van der Waals surface area contributed by atoms with Crippen molar-refractivity contribution >= 4 is 11.8 Å². The zero-order valence-electron chi connectivity index (χ0n) is 10.3. The zero-order valence-corrected chi connectivity index (χ0v) is 11.1. The second-order valence-electron chi connectivity index (χ2n) is 4.71. The highest BCUT2D eigenvalue weighted by molar-refractivity contribution is 8.00. The van der Waals surface area contributed by atoms with Gasteiger partial charge in [-0.1, -0.05) is 6.92 Å². The van der Waals surface area contributed by atoms with Crippen LogP contribution in [0.2, 0.25) is 0 Å². The third-order valence-electron chi connectivity index (χ3n) is 3.31. The average Bonchev–Trinajstić information content (AvgIpc) is 2.21. The van der Waals surface area contributed by atoms with E-state index in [-0.39, 0.29) is 5.54 Å². The molecule has 0 spiro atoms. The van der Waals surface area contributed by atoms with Crippen molar-refractivity contribution in [2.45, 2.75) is 30.6 Å². The minimum atomic E-state index is 0.179. The van der Waals surface area contributed by atoms with Crippen LogP contribution >= 0.6 is 11.8 Å². The highest BCUT2D eigenvalue weighted by Crippen LogP contribution is 2.33. The Bertz CT molecular complexity index is 187. The van der Waals surface area contributed by atoms with E-state index in [4.69, 9.17) is 5.73 Å². The molecule has 4 heteroatoms. The summed E-state index contributed by atoms with van der Waals surface area (Å²) in [6, 6.07) is 0. The van der Waals surface area contributed by atoms with Gasteiger partial charge in [0.25, 0.3) is 0 Å². The standard InChI is InChI=1S/C11H25N3S/c1-10-11(9-12,5-4-8-15-10)13-6-7-14(2)3/h10,13H,4-9,12H2,1-3H3. The van der Waals surface area contributed by atoms with E-state index in [2.05, 4.69) is 43.0 Å². The summed E-state index contributed by atoms with van der Waals surface area (Å²) >= 11 is 2.05. The second kappa shape index (κ2) is 6.09. The van der Waals surface area contributed by atoms with Crippen LogP contribution in [0.3, 0.4) is 0 Å². The number of likely N-dealkylation sites (N-methyl/N-ethyl adjacent to an activating group) is 1. The zero-order chi connectivity index (χ0) is 11.3. The lowest BCUT2D eigenvalue weighted by Gasteiger charge is -2.42. The number of rotatable bonds is 5. The molecule has 3 N–H and O–H groups in total. The van der Waals surface area contributed by atoms with Gasteiger partial charge in [0, 0.05) is 30.4 Å². The van der Waals surface area contributed by atoms with E-state index in [1.54, 1.807) is 0 Å². The SMILES string of the molecule is CC1SCCCC1(CN)NCCN(C)C. The van der Waals surface area contributed by atoms with E-state index in [0.29, 0.717) is 5.25 Å². The average molecular weight is 231 g/mol. The maximum absolute atomic E-state index is 5.96. The molecule has 0 radical (unpaired) electrons. The first-order valence-corrected chi connectivity index (χ1v) is 6.87. The Labute approximate surface area is 98.2 Å². The molecular formula is C11H25N3S. The van der Waals surface area contributed by atoms with Crippen molar-refractivity contribution < 1.29 is 0 Å². The molecule has 0 bridgehead atoms. The third kappa shape index (κ3) is 3.63. The van der Waals surface area contributed by atoms with Gasteiger partial charge in [-0.25, -0.2) is 0 Å². The number of nitrogens with zero attached hydrogens (tertiary/aromatic N) is 1. The Morgan fingerprint density at radius 2 is 2.27 bits per heavy atom. The van der Waals surface area contributed by atoms with Gasteiger partial charge in [-0.05, 0) is 32.7 Å². The number of hydrogen-bond acceptors (Lipinski definition) is 4. The maximum Gasteiger partial charge on any atom is 0.0421 e. The van der Waals surface area contributed by atoms with Crippen molar-refractivity contribution in [3.05, 3.63) is 0 Å². The predicted molar refractivity (Wildman–Crippen MR) is 69.5 cm³/mol. The largest absolute Gasteiger partial charge is 0.329 e. The molecule has 3 nitrogen and oxygen atoms in total. The quantitative estimate of drug-likeness (QED) is 0.733. The predicted octanol–water partition coefficient (Wildman–Crippen LogP) is 0.751. The summed E-state index contributed by atoms with van der Waals surface area (Å²) in [6.45, 7) is 5.18. The van der Waals surface area contributed by atoms with Gasteiger partial charge in [0.1, 0.15) is 0 Å². The van der Waals surface area contributed by atoms with Crippen LogP contribution in [-0.2, 0) is 0 Å². The fourth-order valence-electron chi connectivity index (χ4n) is 2.11. The van der Waals surface area contributed by atoms with Crippen molar-refractivity contribution in [3.8, 4) is 0 Å². The van der Waals surface area contributed by atoms with Crippen LogP contribution in [0.4, 0.5) is 0 Å². The molecule has 15 heavy (non-hydrogen) atoms. The fraction of sp³-hybridized carbons (Fsp3) is 1.00. The Morgan fingerprint density at radius 1 is 1.53 bits per heavy atom. The van der Waals surface area contributed by atoms with Crippen molar-refractivity contribution in [1.29, 1.82) is 0 Å². The molecule has 0 saturated carbocycles. The first kappa shape index (κ1) is 13.3. The number of nitrogens with one attached hydrogen (secondary N) is 1. The van der Waals surface area contributed by atoms with E-state index in [0.717, 1.165) is 19.6 Å². The summed E-state index contributed by atoms with van der Waals surface area (Å²) in [6.07, 6.45) is 2.52. The van der Waals surface area contributed by atoms with Crippen molar-refractivity contribution in [2.75, 3.05) is 39.5 Å². The van der Waals surface area contributed by atoms with Gasteiger partial charge < -0.3 is 16.0 Å². The molecule has 1 heterocycles. The van der Waals surface area contributed by atoms with E-state index in [1.165, 1.54) is 18.6 Å². The van der Waals surface area contributed by atoms with Crippen LogP contribution in [0, 0.1) is 0 Å². The van der Waals surface area contributed by atoms with Gasteiger partial charge in [0.05, 0.1) is 0 Å². The molecule has 0 amide bonds. The molecule has 1 rings (SSSR count). The fourth-order valence-corrected chi connectivity index (χ4v) is 3.39. The summed E-state index contributed by atoms with van der Waals surface area (Å²) in [5.41, 5.74) is 6.14. The van der Waals surface area contributed by atoms with Gasteiger partial charge in [-0.2, -0.15) is 11.8 Å². The Kier molecular flexibility index (Phi) is 5.39. The van der Waals surface area contributed by atoms with E-state index in [1.807, 2.05) is 0 Å². The topological polar surface area (TPSA) is 41.3 Å². The molecule has 1 saturated heterocycles. The summed E-state index contributed by atoms with van der Waals surface area (Å²) in [5.74, 6) is 1.29. The summed E-state index contributed by atoms with van der Waals surface area (Å²) in [4.78, 5) is 2.21. The van der Waals surface area contributed by atoms with Crippen LogP contribution in [0.1, 0.15) is 19.8 Å². The van der Waals surface area contributed by atoms with Gasteiger partial charge in [0.15, 0.2) is 0 Å². The Balaban J connectivity index is 2.43. The minimum absolute atomic E-state index is 0.179. The number of hydrogen-bond donors (Lipinski definition) is 2. The van der Waals surface area contributed by atoms with E-state index >= 15 is 0 Å². The molecule has 0 aliphatic carbocycles. The summed E-state index contributed by atoms with van der Waals surface area (Å²) in [5, 5.41) is 4.32. The first-order chi connectivity index (χ1) is 7.10. The monoisotopic (exact) mass is 231 g/mol. The molecular weight excluding hydrogens is 206 g/mol. The second-order valence-corrected chi connectivity index (χ2v) is 6.16. The number of nitrogens with two attached hydrogens (primary N) is 1. The normalized spacial score (nSPS) is 32.2. The Hall–Kier alpha value is 0.230. The van der Waals surface area contributed by atoms with Gasteiger partial charge >= 0.3 is 0 Å². The van der Waals surface area contributed by atoms with Crippen molar-refractivity contribution in [2.24, 2.45) is 5.73 Å². The van der Waals surface area contributed by atoms with Crippen molar-refractivity contribution in [3.63, 3.8) is 0 Å². The van der Waals surface area contributed by atoms with E-state index in [9.17, 15) is 0 Å². The highest BCUT2D eigenvalue weighted by atomic mass is 32.2. The lowest BCUT2D eigenvalue weighted by Crippen LogP contribution is -2.59. The van der Waals surface area contributed by atoms with Crippen LogP contribution in [0.5, 0.6) is 0 Å². The molecule has 1 fully saturated rings. The van der Waals surface area contributed by atoms with Crippen LogP contribution in [0.25, 0.3) is 0 Å². The lowest BCUT2D eigenvalue weighted by molar-refractivity contribution is 0.279. The molecule has 2 unspecified atom stereocenters. The molecule has 0 aromatic carbocycles. The van der Waals surface area contributed by atoms with E-state index < -0.39 is 0 Å². The molecule has 90 valence electrons. The van der Waals surface area contributed by atoms with Gasteiger partial charge in [-0.15, -0.1) is 0 Å². The Morgan fingerprint density at radius 3 is 2.80 bits per heavy atom. The number of thioether (sulfide) groups is 1. The van der Waals surface area contributed by atoms with Crippen LogP contribution in [0.15, 0.2) is 0 Å². The van der Waals surface area contributed by atoms with Crippen LogP contribution in [-0.4, -0.2) is 55.2 Å². The third-order valence-corrected chi connectivity index (χ3v) is 4.79. The molecule has 1 aliphatic heterocycles. The lowest BCUT2D eigenvalue weighted by atomic mass is 9.89. The highest BCUT2D eigenvalue weighted by Gasteiger charge is 2.36. The van der Waals surface area contributed by atoms with Crippen LogP contribution < -0.4 is 11.1 Å². The maximum atomic E-state index is 5.96. The smallest absolute Gasteiger partial charge is 0.0421 e. The molecule has 2 atom stereocenters. The minimum Gasteiger partial charge on any atom is -0.329 e. The summed E-state index contributed by atoms with van der Waals surface area (Å²) < 4.78 is 0. The molecule has 0 aromatic rings. The summed E-state index contributed by atoms with van der Waals surface area (Å²) in [7, 11) is 4.21. The van der Waals surface area contributed by atoms with Crippen molar-refractivity contribution in [1.82, 2.24) is 10.2 Å². The first-order valence-electron chi connectivity index (χ1n) is 5.82. The molecule has 0 aromatic heterocycles.